The van der Waals surface area contributed by atoms with Gasteiger partial charge in [0.1, 0.15) is 5.75 Å². The van der Waals surface area contributed by atoms with Crippen molar-refractivity contribution in [2.45, 2.75) is 0 Å². The molecular formula is C24H22N4O3. The highest BCUT2D eigenvalue weighted by Gasteiger charge is 2.20. The first-order chi connectivity index (χ1) is 15.3. The third kappa shape index (κ3) is 4.69. The van der Waals surface area contributed by atoms with Gasteiger partial charge in [0.2, 0.25) is 0 Å². The van der Waals surface area contributed by atoms with Crippen LogP contribution < -0.4 is 9.64 Å². The van der Waals surface area contributed by atoms with E-state index in [-0.39, 0.29) is 12.5 Å². The Morgan fingerprint density at radius 1 is 0.968 bits per heavy atom. The molecule has 0 spiro atoms. The normalized spacial score (nSPS) is 13.4. The van der Waals surface area contributed by atoms with Gasteiger partial charge >= 0.3 is 0 Å². The maximum atomic E-state index is 13.1. The maximum Gasteiger partial charge on any atom is 0.193 e. The second-order valence-corrected chi connectivity index (χ2v) is 7.03. The zero-order valence-electron chi connectivity index (χ0n) is 17.0. The van der Waals surface area contributed by atoms with E-state index in [0.717, 1.165) is 29.9 Å². The van der Waals surface area contributed by atoms with Crippen LogP contribution >= 0.6 is 0 Å². The van der Waals surface area contributed by atoms with Gasteiger partial charge in [0.15, 0.2) is 12.5 Å². The van der Waals surface area contributed by atoms with Crippen molar-refractivity contribution in [3.8, 4) is 16.9 Å². The van der Waals surface area contributed by atoms with E-state index in [4.69, 9.17) is 15.0 Å². The van der Waals surface area contributed by atoms with E-state index in [1.807, 2.05) is 72.8 Å². The first kappa shape index (κ1) is 20.5. The molecule has 7 nitrogen and oxygen atoms in total. The molecule has 7 heteroatoms. The number of para-hydroxylation sites is 1. The van der Waals surface area contributed by atoms with E-state index in [1.165, 1.54) is 0 Å². The molecule has 1 aliphatic heterocycles. The van der Waals surface area contributed by atoms with Gasteiger partial charge in [-0.05, 0) is 17.7 Å². The van der Waals surface area contributed by atoms with Crippen LogP contribution in [-0.2, 0) is 4.74 Å². The highest BCUT2D eigenvalue weighted by molar-refractivity contribution is 6.10. The minimum atomic E-state index is -0.0923. The predicted molar refractivity (Wildman–Crippen MR) is 119 cm³/mol. The molecule has 156 valence electrons. The number of carbonyl (C=O) groups excluding carboxylic acids is 1. The first-order valence-electron chi connectivity index (χ1n) is 10.1. The van der Waals surface area contributed by atoms with Crippen LogP contribution in [0.25, 0.3) is 21.6 Å². The molecule has 0 amide bonds. The van der Waals surface area contributed by atoms with E-state index in [2.05, 4.69) is 14.9 Å². The number of ketones is 1. The monoisotopic (exact) mass is 414 g/mol. The Kier molecular flexibility index (Phi) is 6.47. The average Bonchev–Trinajstić information content (AvgIpc) is 2.85. The number of carbonyl (C=O) groups is 1. The van der Waals surface area contributed by atoms with E-state index in [1.54, 1.807) is 0 Å². The maximum absolute atomic E-state index is 13.1. The molecule has 4 rings (SSSR count). The summed E-state index contributed by atoms with van der Waals surface area (Å²) in [6.07, 6.45) is 0. The molecule has 0 aliphatic carbocycles. The second kappa shape index (κ2) is 9.80. The van der Waals surface area contributed by atoms with Crippen molar-refractivity contribution in [2.75, 3.05) is 37.9 Å². The van der Waals surface area contributed by atoms with Crippen molar-refractivity contribution in [3.63, 3.8) is 0 Å². The van der Waals surface area contributed by atoms with Crippen LogP contribution in [0.4, 0.5) is 5.69 Å². The van der Waals surface area contributed by atoms with E-state index >= 15 is 0 Å². The van der Waals surface area contributed by atoms with Crippen molar-refractivity contribution in [1.82, 2.24) is 0 Å². The molecule has 0 N–H and O–H groups in total. The van der Waals surface area contributed by atoms with E-state index in [0.29, 0.717) is 30.1 Å². The minimum absolute atomic E-state index is 0.0189. The van der Waals surface area contributed by atoms with Gasteiger partial charge in [-0.1, -0.05) is 65.8 Å². The van der Waals surface area contributed by atoms with Crippen molar-refractivity contribution in [1.29, 1.82) is 0 Å². The summed E-state index contributed by atoms with van der Waals surface area (Å²) in [6, 6.07) is 22.6. The van der Waals surface area contributed by atoms with Gasteiger partial charge in [0.25, 0.3) is 0 Å². The zero-order chi connectivity index (χ0) is 21.5. The van der Waals surface area contributed by atoms with Crippen LogP contribution in [-0.4, -0.2) is 38.8 Å². The van der Waals surface area contributed by atoms with Gasteiger partial charge in [-0.15, -0.1) is 0 Å². The molecular weight excluding hydrogens is 392 g/mol. The number of anilines is 1. The largest absolute Gasteiger partial charge is 0.487 e. The predicted octanol–water partition coefficient (Wildman–Crippen LogP) is 5.07. The number of morpholine rings is 1. The zero-order valence-corrected chi connectivity index (χ0v) is 17.0. The molecule has 1 saturated heterocycles. The molecule has 0 saturated carbocycles. The van der Waals surface area contributed by atoms with E-state index < -0.39 is 0 Å². The standard InChI is InChI=1S/C24H22N4O3/c25-27-26-17-31-23-9-5-4-8-21(23)20-11-10-19(24(29)18-6-2-1-3-7-18)16-22(20)28-12-14-30-15-13-28/h1-11,16H,12-15,17H2. The summed E-state index contributed by atoms with van der Waals surface area (Å²) in [4.78, 5) is 18.0. The summed E-state index contributed by atoms with van der Waals surface area (Å²) in [5.74, 6) is 0.598. The topological polar surface area (TPSA) is 87.5 Å². The Morgan fingerprint density at radius 3 is 2.48 bits per heavy atom. The molecule has 3 aromatic rings. The number of ether oxygens (including phenoxy) is 2. The van der Waals surface area contributed by atoms with Gasteiger partial charge in [-0.2, -0.15) is 0 Å². The summed E-state index contributed by atoms with van der Waals surface area (Å²) in [5.41, 5.74) is 12.6. The number of azide groups is 1. The smallest absolute Gasteiger partial charge is 0.193 e. The minimum Gasteiger partial charge on any atom is -0.487 e. The van der Waals surface area contributed by atoms with Crippen molar-refractivity contribution >= 4 is 11.5 Å². The Bertz CT molecular complexity index is 1100. The quantitative estimate of drug-likeness (QED) is 0.234. The Labute approximate surface area is 180 Å². The van der Waals surface area contributed by atoms with Crippen molar-refractivity contribution in [3.05, 3.63) is 94.4 Å². The molecule has 3 aromatic carbocycles. The van der Waals surface area contributed by atoms with Crippen LogP contribution in [0.3, 0.4) is 0 Å². The summed E-state index contributed by atoms with van der Waals surface area (Å²) in [6.45, 7) is 2.64. The van der Waals surface area contributed by atoms with Crippen LogP contribution in [0.15, 0.2) is 77.9 Å². The number of nitrogens with zero attached hydrogens (tertiary/aromatic N) is 4. The highest BCUT2D eigenvalue weighted by Crippen LogP contribution is 2.38. The summed E-state index contributed by atoms with van der Waals surface area (Å²) in [7, 11) is 0. The molecule has 0 bridgehead atoms. The van der Waals surface area contributed by atoms with Crippen LogP contribution in [0.5, 0.6) is 5.75 Å². The second-order valence-electron chi connectivity index (χ2n) is 7.03. The van der Waals surface area contributed by atoms with Crippen LogP contribution in [0.2, 0.25) is 0 Å². The molecule has 1 heterocycles. The molecule has 0 atom stereocenters. The van der Waals surface area contributed by atoms with Gasteiger partial charge in [0, 0.05) is 45.9 Å². The van der Waals surface area contributed by atoms with E-state index in [9.17, 15) is 4.79 Å². The number of benzene rings is 3. The van der Waals surface area contributed by atoms with Crippen molar-refractivity contribution in [2.24, 2.45) is 5.11 Å². The molecule has 1 fully saturated rings. The highest BCUT2D eigenvalue weighted by atomic mass is 16.5. The summed E-state index contributed by atoms with van der Waals surface area (Å²) in [5, 5.41) is 3.47. The average molecular weight is 414 g/mol. The lowest BCUT2D eigenvalue weighted by atomic mass is 9.96. The Balaban J connectivity index is 1.78. The fourth-order valence-electron chi connectivity index (χ4n) is 3.66. The molecule has 0 radical (unpaired) electrons. The summed E-state index contributed by atoms with van der Waals surface area (Å²) >= 11 is 0. The van der Waals surface area contributed by atoms with Gasteiger partial charge < -0.3 is 14.4 Å². The van der Waals surface area contributed by atoms with Gasteiger partial charge in [0.05, 0.1) is 13.2 Å². The van der Waals surface area contributed by atoms with Crippen LogP contribution in [0.1, 0.15) is 15.9 Å². The number of rotatable bonds is 7. The third-order valence-electron chi connectivity index (χ3n) is 5.17. The molecule has 0 aromatic heterocycles. The Morgan fingerprint density at radius 2 is 1.71 bits per heavy atom. The Hall–Kier alpha value is -3.80. The summed E-state index contributed by atoms with van der Waals surface area (Å²) < 4.78 is 11.2. The third-order valence-corrected chi connectivity index (χ3v) is 5.17. The molecule has 1 aliphatic rings. The van der Waals surface area contributed by atoms with Crippen LogP contribution in [0, 0.1) is 0 Å². The lowest BCUT2D eigenvalue weighted by Crippen LogP contribution is -2.36. The first-order valence-corrected chi connectivity index (χ1v) is 10.1. The lowest BCUT2D eigenvalue weighted by molar-refractivity contribution is 0.103. The fourth-order valence-corrected chi connectivity index (χ4v) is 3.66. The van der Waals surface area contributed by atoms with Gasteiger partial charge in [-0.25, -0.2) is 0 Å². The SMILES string of the molecule is [N-]=[N+]=NCOc1ccccc1-c1ccc(C(=O)c2ccccc2)cc1N1CCOCC1. The molecule has 31 heavy (non-hydrogen) atoms. The lowest BCUT2D eigenvalue weighted by Gasteiger charge is -2.31. The number of hydrogen-bond donors (Lipinski definition) is 0. The molecule has 0 unspecified atom stereocenters. The number of hydrogen-bond acceptors (Lipinski definition) is 5. The van der Waals surface area contributed by atoms with Crippen molar-refractivity contribution < 1.29 is 14.3 Å². The van der Waals surface area contributed by atoms with Gasteiger partial charge in [-0.3, -0.25) is 4.79 Å². The fraction of sp³-hybridized carbons (Fsp3) is 0.208.